The van der Waals surface area contributed by atoms with Crippen molar-refractivity contribution < 1.29 is 4.79 Å². The van der Waals surface area contributed by atoms with E-state index in [4.69, 9.17) is 0 Å². The van der Waals surface area contributed by atoms with Crippen LogP contribution in [0.5, 0.6) is 0 Å². The van der Waals surface area contributed by atoms with Crippen LogP contribution in [0.4, 0.5) is 0 Å². The van der Waals surface area contributed by atoms with E-state index < -0.39 is 0 Å². The molecule has 0 aliphatic heterocycles. The molecule has 0 unspecified atom stereocenters. The molecule has 0 aromatic carbocycles. The zero-order chi connectivity index (χ0) is 11.6. The van der Waals surface area contributed by atoms with Crippen LogP contribution in [-0.2, 0) is 10.3 Å². The highest BCUT2D eigenvalue weighted by molar-refractivity contribution is 5.94. The van der Waals surface area contributed by atoms with Gasteiger partial charge in [0.05, 0.1) is 11.2 Å². The zero-order valence-electron chi connectivity index (χ0n) is 9.37. The maximum Gasteiger partial charge on any atom is 0.296 e. The summed E-state index contributed by atoms with van der Waals surface area (Å²) in [4.78, 5) is 19.8. The molecule has 1 fully saturated rings. The minimum atomic E-state index is -0.297. The van der Waals surface area contributed by atoms with Crippen molar-refractivity contribution in [2.75, 3.05) is 0 Å². The van der Waals surface area contributed by atoms with E-state index in [0.29, 0.717) is 0 Å². The number of amides is 1. The van der Waals surface area contributed by atoms with Gasteiger partial charge in [-0.15, -0.1) is 0 Å². The van der Waals surface area contributed by atoms with Gasteiger partial charge in [0.15, 0.2) is 0 Å². The van der Waals surface area contributed by atoms with E-state index in [-0.39, 0.29) is 11.4 Å². The topological polar surface area (TPSA) is 54.9 Å². The molecule has 1 N–H and O–H groups in total. The molecule has 4 heteroatoms. The molecule has 1 amide bonds. The highest BCUT2D eigenvalue weighted by Gasteiger charge is 2.47. The number of hydrogen-bond donors (Lipinski definition) is 1. The third kappa shape index (κ3) is 2.03. The molecule has 0 saturated heterocycles. The lowest BCUT2D eigenvalue weighted by atomic mass is 10.1. The Kier molecular flexibility index (Phi) is 2.61. The Bertz CT molecular complexity index is 481. The molecule has 0 bridgehead atoms. The minimum absolute atomic E-state index is 0.240. The Balaban J connectivity index is 2.19. The number of carbonyl (C=O) groups is 1. The molecule has 2 rings (SSSR count). The summed E-state index contributed by atoms with van der Waals surface area (Å²) >= 11 is 0. The highest BCUT2D eigenvalue weighted by Crippen LogP contribution is 2.44. The quantitative estimate of drug-likeness (QED) is 0.746. The lowest BCUT2D eigenvalue weighted by molar-refractivity contribution is -0.116. The van der Waals surface area contributed by atoms with Gasteiger partial charge in [-0.3, -0.25) is 4.79 Å². The number of aryl methyl sites for hydroxylation is 1. The number of nitrogens with zero attached hydrogens (tertiary/aromatic N) is 2. The van der Waals surface area contributed by atoms with Crippen molar-refractivity contribution in [2.45, 2.75) is 32.2 Å². The van der Waals surface area contributed by atoms with E-state index in [2.05, 4.69) is 27.1 Å². The number of hydrogen-bond acceptors (Lipinski definition) is 3. The SMILES string of the molecule is CC#CC(=O)NC1(c2ccnc(C)n2)CC1. The smallest absolute Gasteiger partial charge is 0.296 e. The molecule has 16 heavy (non-hydrogen) atoms. The maximum atomic E-state index is 11.4. The van der Waals surface area contributed by atoms with Gasteiger partial charge in [0.25, 0.3) is 5.91 Å². The molecule has 1 aromatic heterocycles. The van der Waals surface area contributed by atoms with Crippen LogP contribution in [0.25, 0.3) is 0 Å². The van der Waals surface area contributed by atoms with Gasteiger partial charge in [-0.2, -0.15) is 0 Å². The molecule has 0 spiro atoms. The van der Waals surface area contributed by atoms with Gasteiger partial charge in [0.1, 0.15) is 5.82 Å². The van der Waals surface area contributed by atoms with Crippen LogP contribution in [-0.4, -0.2) is 15.9 Å². The fourth-order valence-electron chi connectivity index (χ4n) is 1.65. The third-order valence-corrected chi connectivity index (χ3v) is 2.61. The summed E-state index contributed by atoms with van der Waals surface area (Å²) < 4.78 is 0. The Labute approximate surface area is 94.5 Å². The molecule has 4 nitrogen and oxygen atoms in total. The second kappa shape index (κ2) is 3.93. The molecule has 0 radical (unpaired) electrons. The predicted molar refractivity (Wildman–Crippen MR) is 59.3 cm³/mol. The van der Waals surface area contributed by atoms with E-state index in [0.717, 1.165) is 24.4 Å². The first-order valence-electron chi connectivity index (χ1n) is 5.21. The molecule has 1 aliphatic rings. The standard InChI is InChI=1S/C12H13N3O/c1-3-4-11(16)15-12(6-7-12)10-5-8-13-9(2)14-10/h5,8H,6-7H2,1-2H3,(H,15,16). The Hall–Kier alpha value is -1.89. The first kappa shape index (κ1) is 10.6. The first-order chi connectivity index (χ1) is 7.66. The van der Waals surface area contributed by atoms with Crippen LogP contribution >= 0.6 is 0 Å². The highest BCUT2D eigenvalue weighted by atomic mass is 16.1. The van der Waals surface area contributed by atoms with Crippen LogP contribution in [0.3, 0.4) is 0 Å². The molecular formula is C12H13N3O. The molecule has 1 heterocycles. The van der Waals surface area contributed by atoms with Crippen molar-refractivity contribution >= 4 is 5.91 Å². The lowest BCUT2D eigenvalue weighted by Gasteiger charge is -2.14. The van der Waals surface area contributed by atoms with Crippen molar-refractivity contribution in [3.8, 4) is 11.8 Å². The minimum Gasteiger partial charge on any atom is -0.334 e. The maximum absolute atomic E-state index is 11.4. The number of carbonyl (C=O) groups excluding carboxylic acids is 1. The Morgan fingerprint density at radius 3 is 2.88 bits per heavy atom. The fraction of sp³-hybridized carbons (Fsp3) is 0.417. The Morgan fingerprint density at radius 2 is 2.31 bits per heavy atom. The first-order valence-corrected chi connectivity index (χ1v) is 5.21. The second-order valence-corrected chi connectivity index (χ2v) is 3.90. The van der Waals surface area contributed by atoms with Crippen LogP contribution in [0.15, 0.2) is 12.3 Å². The normalized spacial score (nSPS) is 15.9. The fourth-order valence-corrected chi connectivity index (χ4v) is 1.65. The summed E-state index contributed by atoms with van der Waals surface area (Å²) in [7, 11) is 0. The van der Waals surface area contributed by atoms with E-state index in [1.807, 2.05) is 13.0 Å². The summed E-state index contributed by atoms with van der Waals surface area (Å²) in [6.45, 7) is 3.49. The van der Waals surface area contributed by atoms with Crippen molar-refractivity contribution in [1.29, 1.82) is 0 Å². The molecule has 1 aliphatic carbocycles. The number of nitrogens with one attached hydrogen (secondary N) is 1. The monoisotopic (exact) mass is 215 g/mol. The molecule has 1 aromatic rings. The summed E-state index contributed by atoms with van der Waals surface area (Å²) in [6, 6.07) is 1.85. The van der Waals surface area contributed by atoms with Crippen molar-refractivity contribution in [2.24, 2.45) is 0 Å². The predicted octanol–water partition coefficient (Wildman–Crippen LogP) is 0.914. The largest absolute Gasteiger partial charge is 0.334 e. The zero-order valence-corrected chi connectivity index (χ0v) is 9.37. The van der Waals surface area contributed by atoms with Gasteiger partial charge >= 0.3 is 0 Å². The summed E-state index contributed by atoms with van der Waals surface area (Å²) in [5, 5.41) is 2.91. The van der Waals surface area contributed by atoms with Gasteiger partial charge in [0.2, 0.25) is 0 Å². The molecule has 82 valence electrons. The summed E-state index contributed by atoms with van der Waals surface area (Å²) in [5.41, 5.74) is 0.584. The average molecular weight is 215 g/mol. The van der Waals surface area contributed by atoms with Gasteiger partial charge in [0, 0.05) is 6.20 Å². The summed E-state index contributed by atoms with van der Waals surface area (Å²) in [5.74, 6) is 5.55. The van der Waals surface area contributed by atoms with Crippen LogP contribution in [0.2, 0.25) is 0 Å². The average Bonchev–Trinajstić information content (AvgIpc) is 2.99. The van der Waals surface area contributed by atoms with Crippen molar-refractivity contribution in [3.05, 3.63) is 23.8 Å². The van der Waals surface area contributed by atoms with E-state index in [1.54, 1.807) is 13.1 Å². The molecule has 0 atom stereocenters. The van der Waals surface area contributed by atoms with E-state index in [9.17, 15) is 4.79 Å². The van der Waals surface area contributed by atoms with Gasteiger partial charge in [-0.1, -0.05) is 5.92 Å². The third-order valence-electron chi connectivity index (χ3n) is 2.61. The van der Waals surface area contributed by atoms with E-state index >= 15 is 0 Å². The molecular weight excluding hydrogens is 202 g/mol. The number of aromatic nitrogens is 2. The van der Waals surface area contributed by atoms with Crippen LogP contribution in [0, 0.1) is 18.8 Å². The van der Waals surface area contributed by atoms with Crippen LogP contribution in [0.1, 0.15) is 31.3 Å². The van der Waals surface area contributed by atoms with Gasteiger partial charge in [-0.05, 0) is 38.7 Å². The summed E-state index contributed by atoms with van der Waals surface area (Å²) in [6.07, 6.45) is 3.55. The van der Waals surface area contributed by atoms with E-state index in [1.165, 1.54) is 0 Å². The number of rotatable bonds is 2. The van der Waals surface area contributed by atoms with Gasteiger partial charge < -0.3 is 5.32 Å². The van der Waals surface area contributed by atoms with Crippen molar-refractivity contribution in [3.63, 3.8) is 0 Å². The Morgan fingerprint density at radius 1 is 1.56 bits per heavy atom. The molecule has 1 saturated carbocycles. The second-order valence-electron chi connectivity index (χ2n) is 3.90. The lowest BCUT2D eigenvalue weighted by Crippen LogP contribution is -2.34. The van der Waals surface area contributed by atoms with Crippen molar-refractivity contribution in [1.82, 2.24) is 15.3 Å². The van der Waals surface area contributed by atoms with Gasteiger partial charge in [-0.25, -0.2) is 9.97 Å². The van der Waals surface area contributed by atoms with Crippen LogP contribution < -0.4 is 5.32 Å².